The molecule has 2 N–H and O–H groups in total. The van der Waals surface area contributed by atoms with Crippen LogP contribution in [0, 0.1) is 0 Å². The highest BCUT2D eigenvalue weighted by Crippen LogP contribution is 2.17. The van der Waals surface area contributed by atoms with Gasteiger partial charge in [0.2, 0.25) is 0 Å². The molecule has 2 rings (SSSR count). The van der Waals surface area contributed by atoms with Gasteiger partial charge in [-0.05, 0) is 52.3 Å². The van der Waals surface area contributed by atoms with Crippen LogP contribution in [0.25, 0.3) is 5.69 Å². The van der Waals surface area contributed by atoms with Crippen LogP contribution < -0.4 is 5.32 Å². The normalized spacial score (nSPS) is 12.9. The highest BCUT2D eigenvalue weighted by molar-refractivity contribution is 5.75. The van der Waals surface area contributed by atoms with E-state index in [4.69, 9.17) is 0 Å². The summed E-state index contributed by atoms with van der Waals surface area (Å²) in [7, 11) is 0. The molecule has 136 valence electrons. The first-order valence-corrected chi connectivity index (χ1v) is 8.42. The lowest BCUT2D eigenvalue weighted by Gasteiger charge is -2.33. The Hall–Kier alpha value is -2.41. The molecule has 0 spiro atoms. The first-order valence-electron chi connectivity index (χ1n) is 8.42. The Labute approximate surface area is 148 Å². The third-order valence-electron chi connectivity index (χ3n) is 3.83. The average molecular weight is 345 g/mol. The number of hydrogen-bond acceptors (Lipinski definition) is 4. The second kappa shape index (κ2) is 7.65. The molecule has 0 bridgehead atoms. The Morgan fingerprint density at radius 1 is 1.36 bits per heavy atom. The van der Waals surface area contributed by atoms with E-state index in [2.05, 4.69) is 15.4 Å². The van der Waals surface area contributed by atoms with E-state index in [9.17, 15) is 9.90 Å². The molecule has 0 unspecified atom stereocenters. The smallest absolute Gasteiger partial charge is 0.318 e. The van der Waals surface area contributed by atoms with Crippen LogP contribution in [-0.2, 0) is 0 Å². The van der Waals surface area contributed by atoms with Gasteiger partial charge in [0.05, 0.1) is 23.9 Å². The van der Waals surface area contributed by atoms with E-state index in [1.807, 2.05) is 45.0 Å². The van der Waals surface area contributed by atoms with Gasteiger partial charge in [0, 0.05) is 6.04 Å². The van der Waals surface area contributed by atoms with E-state index in [0.717, 1.165) is 11.3 Å². The summed E-state index contributed by atoms with van der Waals surface area (Å²) >= 11 is 0. The molecule has 7 heteroatoms. The minimum Gasteiger partial charge on any atom is -0.389 e. The maximum Gasteiger partial charge on any atom is 0.318 e. The monoisotopic (exact) mass is 345 g/mol. The van der Waals surface area contributed by atoms with Gasteiger partial charge >= 0.3 is 6.03 Å². The molecule has 25 heavy (non-hydrogen) atoms. The Morgan fingerprint density at radius 2 is 2.08 bits per heavy atom. The molecule has 7 nitrogen and oxygen atoms in total. The molecule has 2 amide bonds. The van der Waals surface area contributed by atoms with E-state index in [0.29, 0.717) is 0 Å². The number of benzene rings is 1. The number of aromatic nitrogens is 3. The van der Waals surface area contributed by atoms with Crippen molar-refractivity contribution in [3.05, 3.63) is 42.5 Å². The topological polar surface area (TPSA) is 83.3 Å². The van der Waals surface area contributed by atoms with Crippen molar-refractivity contribution in [3.63, 3.8) is 0 Å². The quantitative estimate of drug-likeness (QED) is 0.843. The number of nitrogens with one attached hydrogen (secondary N) is 1. The van der Waals surface area contributed by atoms with E-state index in [1.165, 1.54) is 6.33 Å². The van der Waals surface area contributed by atoms with Gasteiger partial charge in [-0.3, -0.25) is 0 Å². The molecule has 1 aromatic heterocycles. The minimum absolute atomic E-state index is 0.0138. The number of urea groups is 1. The standard InChI is InChI=1S/C18H27N5O2/c1-13(2)22(10-18(4,5)25)17(24)21-14(3)15-7-6-8-16(9-15)23-12-19-11-20-23/h6-9,11-14,25H,10H2,1-5H3,(H,21,24)/t14-/m1/s1. The van der Waals surface area contributed by atoms with E-state index in [1.54, 1.807) is 29.8 Å². The number of rotatable bonds is 6. The van der Waals surface area contributed by atoms with Crippen LogP contribution in [0.1, 0.15) is 46.2 Å². The van der Waals surface area contributed by atoms with E-state index in [-0.39, 0.29) is 24.7 Å². The van der Waals surface area contributed by atoms with Crippen LogP contribution in [0.4, 0.5) is 4.79 Å². The Bertz CT molecular complexity index is 692. The predicted molar refractivity (Wildman–Crippen MR) is 96.4 cm³/mol. The number of carbonyl (C=O) groups is 1. The zero-order chi connectivity index (χ0) is 18.6. The van der Waals surface area contributed by atoms with Crippen LogP contribution in [0.5, 0.6) is 0 Å². The first kappa shape index (κ1) is 18.9. The van der Waals surface area contributed by atoms with Gasteiger partial charge in [-0.15, -0.1) is 0 Å². The van der Waals surface area contributed by atoms with Crippen molar-refractivity contribution in [2.75, 3.05) is 6.54 Å². The highest BCUT2D eigenvalue weighted by Gasteiger charge is 2.25. The fourth-order valence-corrected chi connectivity index (χ4v) is 2.54. The number of amides is 2. The van der Waals surface area contributed by atoms with Gasteiger partial charge in [0.25, 0.3) is 0 Å². The number of aliphatic hydroxyl groups is 1. The molecule has 0 saturated heterocycles. The van der Waals surface area contributed by atoms with Gasteiger partial charge in [-0.1, -0.05) is 12.1 Å². The van der Waals surface area contributed by atoms with Crippen molar-refractivity contribution < 1.29 is 9.90 Å². The fourth-order valence-electron chi connectivity index (χ4n) is 2.54. The molecule has 1 atom stereocenters. The van der Waals surface area contributed by atoms with Crippen LogP contribution in [0.3, 0.4) is 0 Å². The molecule has 0 aliphatic carbocycles. The fraction of sp³-hybridized carbons (Fsp3) is 0.500. The summed E-state index contributed by atoms with van der Waals surface area (Å²) in [6.07, 6.45) is 3.11. The molecule has 1 heterocycles. The SMILES string of the molecule is CC(C)N(CC(C)(C)O)C(=O)N[C@H](C)c1cccc(-n2cncn2)c1. The summed E-state index contributed by atoms with van der Waals surface area (Å²) in [4.78, 5) is 18.2. The van der Waals surface area contributed by atoms with Gasteiger partial charge in [-0.25, -0.2) is 14.5 Å². The van der Waals surface area contributed by atoms with Crippen LogP contribution >= 0.6 is 0 Å². The van der Waals surface area contributed by atoms with E-state index >= 15 is 0 Å². The number of nitrogens with zero attached hydrogens (tertiary/aromatic N) is 4. The second-order valence-corrected chi connectivity index (χ2v) is 7.14. The van der Waals surface area contributed by atoms with Gasteiger partial charge in [0.1, 0.15) is 12.7 Å². The molecular weight excluding hydrogens is 318 g/mol. The summed E-state index contributed by atoms with van der Waals surface area (Å²) in [5, 5.41) is 17.2. The number of hydrogen-bond donors (Lipinski definition) is 2. The van der Waals surface area contributed by atoms with Crippen molar-refractivity contribution in [3.8, 4) is 5.69 Å². The lowest BCUT2D eigenvalue weighted by atomic mass is 10.1. The third kappa shape index (κ3) is 5.29. The largest absolute Gasteiger partial charge is 0.389 e. The molecule has 0 aliphatic rings. The lowest BCUT2D eigenvalue weighted by molar-refractivity contribution is 0.0383. The zero-order valence-corrected chi connectivity index (χ0v) is 15.5. The maximum atomic E-state index is 12.6. The Morgan fingerprint density at radius 3 is 2.64 bits per heavy atom. The summed E-state index contributed by atoms with van der Waals surface area (Å²) in [6.45, 7) is 9.45. The zero-order valence-electron chi connectivity index (χ0n) is 15.5. The van der Waals surface area contributed by atoms with Crippen molar-refractivity contribution >= 4 is 6.03 Å². The third-order valence-corrected chi connectivity index (χ3v) is 3.83. The van der Waals surface area contributed by atoms with Crippen molar-refractivity contribution in [1.29, 1.82) is 0 Å². The lowest BCUT2D eigenvalue weighted by Crippen LogP contribution is -2.50. The molecule has 1 aromatic carbocycles. The number of carbonyl (C=O) groups excluding carboxylic acids is 1. The summed E-state index contributed by atoms with van der Waals surface area (Å²) in [6, 6.07) is 7.39. The van der Waals surface area contributed by atoms with Crippen molar-refractivity contribution in [2.24, 2.45) is 0 Å². The van der Waals surface area contributed by atoms with Crippen LogP contribution in [0.2, 0.25) is 0 Å². The van der Waals surface area contributed by atoms with Gasteiger partial charge in [-0.2, -0.15) is 5.10 Å². The van der Waals surface area contributed by atoms with E-state index < -0.39 is 5.60 Å². The maximum absolute atomic E-state index is 12.6. The molecule has 2 aromatic rings. The van der Waals surface area contributed by atoms with Gasteiger partial charge in [0.15, 0.2) is 0 Å². The second-order valence-electron chi connectivity index (χ2n) is 7.14. The summed E-state index contributed by atoms with van der Waals surface area (Å²) < 4.78 is 1.67. The van der Waals surface area contributed by atoms with Crippen molar-refractivity contribution in [1.82, 2.24) is 25.0 Å². The molecular formula is C18H27N5O2. The van der Waals surface area contributed by atoms with Crippen molar-refractivity contribution in [2.45, 2.75) is 52.3 Å². The Balaban J connectivity index is 2.11. The Kier molecular flexibility index (Phi) is 5.79. The predicted octanol–water partition coefficient (Wildman–Crippen LogP) is 2.52. The molecule has 0 radical (unpaired) electrons. The molecule has 0 saturated carbocycles. The van der Waals surface area contributed by atoms with Crippen LogP contribution in [0.15, 0.2) is 36.9 Å². The van der Waals surface area contributed by atoms with Crippen LogP contribution in [-0.4, -0.2) is 49.0 Å². The summed E-state index contributed by atoms with van der Waals surface area (Å²) in [5.74, 6) is 0. The summed E-state index contributed by atoms with van der Waals surface area (Å²) in [5.41, 5.74) is 0.902. The first-order chi connectivity index (χ1) is 11.7. The molecule has 0 aliphatic heterocycles. The minimum atomic E-state index is -0.947. The molecule has 0 fully saturated rings. The average Bonchev–Trinajstić information content (AvgIpc) is 3.06. The highest BCUT2D eigenvalue weighted by atomic mass is 16.3. The van der Waals surface area contributed by atoms with Gasteiger partial charge < -0.3 is 15.3 Å².